The van der Waals surface area contributed by atoms with E-state index in [0.717, 1.165) is 0 Å². The Kier molecular flexibility index (Phi) is 30.9. The number of nitrogens with two attached hydrogens (primary N) is 3. The number of pyridine rings is 1. The van der Waals surface area contributed by atoms with E-state index < -0.39 is 0 Å². The smallest absolute Gasteiger partial charge is 0.0270 e. The fourth-order valence-electron chi connectivity index (χ4n) is 1.31. The molecule has 0 unspecified atom stereocenters. The second-order valence-electron chi connectivity index (χ2n) is 3.17. The third-order valence-electron chi connectivity index (χ3n) is 2.07. The van der Waals surface area contributed by atoms with E-state index in [1.54, 1.807) is 0 Å². The number of aromatic nitrogens is 1. The second kappa shape index (κ2) is 25.0. The maximum absolute atomic E-state index is 4.50. The van der Waals surface area contributed by atoms with Gasteiger partial charge in [0.2, 0.25) is 0 Å². The van der Waals surface area contributed by atoms with Gasteiger partial charge in [-0.15, -0.1) is 0 Å². The van der Waals surface area contributed by atoms with Gasteiger partial charge in [-0.25, -0.2) is 0 Å². The van der Waals surface area contributed by atoms with Crippen molar-refractivity contribution < 1.29 is 0 Å². The molecule has 0 saturated heterocycles. The van der Waals surface area contributed by atoms with Crippen molar-refractivity contribution in [3.63, 3.8) is 0 Å². The lowest BCUT2D eigenvalue weighted by Gasteiger charge is -1.99. The van der Waals surface area contributed by atoms with Crippen LogP contribution in [0.1, 0.15) is 38.2 Å². The Hall–Kier alpha value is -0.970. The summed E-state index contributed by atoms with van der Waals surface area (Å²) in [4.78, 5) is 3.99. The molecule has 0 aliphatic carbocycles. The first-order valence-electron chi connectivity index (χ1n) is 6.55. The molecular weight excluding hydrogens is 224 g/mol. The first-order chi connectivity index (χ1) is 8.93. The summed E-state index contributed by atoms with van der Waals surface area (Å²) in [5.41, 5.74) is 14.9. The Morgan fingerprint density at radius 2 is 1.33 bits per heavy atom. The molecule has 108 valence electrons. The molecule has 0 bridgehead atoms. The highest BCUT2D eigenvalue weighted by Crippen LogP contribution is 2.05. The minimum atomic E-state index is 1.21. The summed E-state index contributed by atoms with van der Waals surface area (Å²) in [6.07, 6.45) is 10.3. The summed E-state index contributed by atoms with van der Waals surface area (Å²) in [6, 6.07) is 4.21. The minimum Gasteiger partial charge on any atom is -0.333 e. The van der Waals surface area contributed by atoms with Gasteiger partial charge >= 0.3 is 0 Å². The number of rotatable bonds is 5. The summed E-state index contributed by atoms with van der Waals surface area (Å²) in [5, 5.41) is 0. The molecule has 0 aromatic carbocycles. The van der Waals surface area contributed by atoms with Gasteiger partial charge in [0, 0.05) is 12.4 Å². The third kappa shape index (κ3) is 17.4. The normalized spacial score (nSPS) is 7.72. The van der Waals surface area contributed by atoms with Gasteiger partial charge in [0.15, 0.2) is 0 Å². The Morgan fingerprint density at radius 3 is 1.78 bits per heavy atom. The number of nitrogens with zero attached hydrogens (tertiary/aromatic N) is 1. The Labute approximate surface area is 113 Å². The van der Waals surface area contributed by atoms with Crippen molar-refractivity contribution in [2.45, 2.75) is 39.0 Å². The van der Waals surface area contributed by atoms with E-state index in [-0.39, 0.29) is 0 Å². The monoisotopic (exact) mass is 256 g/mol. The van der Waals surface area contributed by atoms with Crippen LogP contribution in [0.15, 0.2) is 24.5 Å². The van der Waals surface area contributed by atoms with Crippen molar-refractivity contribution >= 4 is 0 Å². The molecule has 0 spiro atoms. The zero-order valence-corrected chi connectivity index (χ0v) is 12.5. The third-order valence-corrected chi connectivity index (χ3v) is 2.07. The molecular formula is C14H32N4. The first-order valence-corrected chi connectivity index (χ1v) is 6.55. The summed E-state index contributed by atoms with van der Waals surface area (Å²) >= 11 is 0. The van der Waals surface area contributed by atoms with E-state index >= 15 is 0 Å². The molecule has 4 nitrogen and oxygen atoms in total. The highest BCUT2D eigenvalue weighted by molar-refractivity contribution is 5.09. The van der Waals surface area contributed by atoms with Crippen molar-refractivity contribution in [2.75, 3.05) is 21.1 Å². The highest BCUT2D eigenvalue weighted by Gasteiger charge is 1.91. The fourth-order valence-corrected chi connectivity index (χ4v) is 1.31. The molecule has 1 rings (SSSR count). The van der Waals surface area contributed by atoms with Crippen molar-refractivity contribution in [1.29, 1.82) is 0 Å². The minimum absolute atomic E-state index is 1.21. The average molecular weight is 256 g/mol. The van der Waals surface area contributed by atoms with Gasteiger partial charge in [-0.1, -0.05) is 26.2 Å². The van der Waals surface area contributed by atoms with E-state index in [4.69, 9.17) is 0 Å². The van der Waals surface area contributed by atoms with E-state index in [1.165, 1.54) is 58.8 Å². The summed E-state index contributed by atoms with van der Waals surface area (Å²) < 4.78 is 0. The van der Waals surface area contributed by atoms with E-state index in [9.17, 15) is 0 Å². The van der Waals surface area contributed by atoms with Gasteiger partial charge in [0.05, 0.1) is 0 Å². The van der Waals surface area contributed by atoms with Crippen molar-refractivity contribution in [2.24, 2.45) is 17.2 Å². The first kappa shape index (κ1) is 22.2. The second-order valence-corrected chi connectivity index (χ2v) is 3.17. The molecule has 0 aliphatic heterocycles. The summed E-state index contributed by atoms with van der Waals surface area (Å²) in [5.74, 6) is 0. The quantitative estimate of drug-likeness (QED) is 0.702. The molecule has 0 aliphatic rings. The van der Waals surface area contributed by atoms with E-state index in [0.29, 0.717) is 0 Å². The fraction of sp³-hybridized carbons (Fsp3) is 0.643. The van der Waals surface area contributed by atoms with Crippen LogP contribution in [0.25, 0.3) is 0 Å². The molecule has 1 aromatic heterocycles. The number of hydrogen-bond donors (Lipinski definition) is 3. The van der Waals surface area contributed by atoms with Crippen LogP contribution in [0.2, 0.25) is 0 Å². The van der Waals surface area contributed by atoms with Gasteiger partial charge in [0.1, 0.15) is 0 Å². The maximum atomic E-state index is 4.50. The van der Waals surface area contributed by atoms with Crippen molar-refractivity contribution in [3.8, 4) is 0 Å². The Morgan fingerprint density at radius 1 is 0.833 bits per heavy atom. The summed E-state index contributed by atoms with van der Waals surface area (Å²) in [7, 11) is 4.50. The van der Waals surface area contributed by atoms with Crippen LogP contribution in [0.3, 0.4) is 0 Å². The number of unbranched alkanes of at least 4 members (excludes halogenated alkanes) is 3. The molecule has 0 radical (unpaired) electrons. The molecule has 0 amide bonds. The van der Waals surface area contributed by atoms with Crippen LogP contribution in [0.4, 0.5) is 0 Å². The summed E-state index contributed by atoms with van der Waals surface area (Å²) in [6.45, 7) is 2.24. The Bertz CT molecular complexity index is 202. The van der Waals surface area contributed by atoms with Crippen LogP contribution in [0.5, 0.6) is 0 Å². The van der Waals surface area contributed by atoms with Gasteiger partial charge in [-0.2, -0.15) is 0 Å². The molecule has 0 saturated carbocycles. The lowest BCUT2D eigenvalue weighted by atomic mass is 10.1. The maximum Gasteiger partial charge on any atom is 0.0270 e. The lowest BCUT2D eigenvalue weighted by Crippen LogP contribution is -1.85. The molecule has 0 fully saturated rings. The standard InChI is InChI=1S/C11H17N.3CH5N/c1-2-3-4-5-6-11-7-9-12-10-8-11;3*1-2/h7-10H,2-6H2,1H3;3*2H2,1H3. The van der Waals surface area contributed by atoms with Gasteiger partial charge in [-0.05, 0) is 51.7 Å². The van der Waals surface area contributed by atoms with E-state index in [2.05, 4.69) is 41.2 Å². The van der Waals surface area contributed by atoms with Crippen LogP contribution in [-0.4, -0.2) is 26.1 Å². The van der Waals surface area contributed by atoms with Crippen molar-refractivity contribution in [3.05, 3.63) is 30.1 Å². The SMILES string of the molecule is CCCCCCc1ccncc1.CN.CN.CN. The molecule has 6 N–H and O–H groups in total. The molecule has 1 heterocycles. The van der Waals surface area contributed by atoms with Gasteiger partial charge in [-0.3, -0.25) is 4.98 Å². The van der Waals surface area contributed by atoms with Gasteiger partial charge in [0.25, 0.3) is 0 Å². The topological polar surface area (TPSA) is 90.9 Å². The Balaban J connectivity index is -0.000000328. The van der Waals surface area contributed by atoms with Crippen LogP contribution >= 0.6 is 0 Å². The zero-order chi connectivity index (χ0) is 14.6. The van der Waals surface area contributed by atoms with Gasteiger partial charge < -0.3 is 17.2 Å². The number of aryl methyl sites for hydroxylation is 1. The lowest BCUT2D eigenvalue weighted by molar-refractivity contribution is 0.666. The average Bonchev–Trinajstić information content (AvgIpc) is 2.51. The number of hydrogen-bond acceptors (Lipinski definition) is 4. The predicted octanol–water partition coefficient (Wildman–Crippen LogP) is 1.93. The van der Waals surface area contributed by atoms with E-state index in [1.807, 2.05) is 12.4 Å². The van der Waals surface area contributed by atoms with Crippen LogP contribution in [0, 0.1) is 0 Å². The highest BCUT2D eigenvalue weighted by atomic mass is 14.6. The molecule has 18 heavy (non-hydrogen) atoms. The van der Waals surface area contributed by atoms with Crippen LogP contribution < -0.4 is 17.2 Å². The molecule has 1 aromatic rings. The zero-order valence-electron chi connectivity index (χ0n) is 12.5. The predicted molar refractivity (Wildman–Crippen MR) is 82.4 cm³/mol. The largest absolute Gasteiger partial charge is 0.333 e. The van der Waals surface area contributed by atoms with Crippen LogP contribution in [-0.2, 0) is 6.42 Å². The molecule has 4 heteroatoms. The van der Waals surface area contributed by atoms with Crippen molar-refractivity contribution in [1.82, 2.24) is 4.98 Å². The molecule has 0 atom stereocenters.